The van der Waals surface area contributed by atoms with Gasteiger partial charge in [0.15, 0.2) is 0 Å². The second kappa shape index (κ2) is 6.45. The number of hydrogen-bond donors (Lipinski definition) is 1. The zero-order valence-corrected chi connectivity index (χ0v) is 12.9. The van der Waals surface area contributed by atoms with Gasteiger partial charge in [-0.25, -0.2) is 0 Å². The van der Waals surface area contributed by atoms with Crippen LogP contribution in [0.25, 0.3) is 0 Å². The van der Waals surface area contributed by atoms with Gasteiger partial charge in [0, 0.05) is 30.5 Å². The molecule has 0 aliphatic carbocycles. The van der Waals surface area contributed by atoms with E-state index in [1.807, 2.05) is 49.0 Å². The second-order valence-corrected chi connectivity index (χ2v) is 5.78. The Hall–Kier alpha value is -2.28. The van der Waals surface area contributed by atoms with E-state index in [0.29, 0.717) is 0 Å². The molecular formula is C17H22N4. The van der Waals surface area contributed by atoms with Gasteiger partial charge < -0.3 is 5.32 Å². The molecular weight excluding hydrogens is 260 g/mol. The highest BCUT2D eigenvalue weighted by Gasteiger charge is 2.18. The smallest absolute Gasteiger partial charge is 0.0766 e. The van der Waals surface area contributed by atoms with Crippen molar-refractivity contribution in [3.63, 3.8) is 0 Å². The van der Waals surface area contributed by atoms with Crippen molar-refractivity contribution in [2.24, 2.45) is 0 Å². The lowest BCUT2D eigenvalue weighted by molar-refractivity contribution is 0.602. The monoisotopic (exact) mass is 282 g/mol. The first kappa shape index (κ1) is 15.1. The number of nitrogens with one attached hydrogen (secondary N) is 1. The first-order valence-corrected chi connectivity index (χ1v) is 7.32. The van der Waals surface area contributed by atoms with Crippen LogP contribution in [0.2, 0.25) is 0 Å². The van der Waals surface area contributed by atoms with E-state index in [0.717, 1.165) is 30.8 Å². The maximum atomic E-state index is 9.14. The number of benzene rings is 1. The molecule has 0 aliphatic rings. The zero-order valence-electron chi connectivity index (χ0n) is 12.9. The summed E-state index contributed by atoms with van der Waals surface area (Å²) in [4.78, 5) is 0. The Kier molecular flexibility index (Phi) is 4.64. The van der Waals surface area contributed by atoms with Crippen LogP contribution in [0, 0.1) is 11.3 Å². The Bertz CT molecular complexity index is 617. The van der Waals surface area contributed by atoms with Crippen molar-refractivity contribution < 1.29 is 0 Å². The quantitative estimate of drug-likeness (QED) is 0.878. The minimum Gasteiger partial charge on any atom is -0.381 e. The van der Waals surface area contributed by atoms with Crippen LogP contribution in [0.4, 0.5) is 5.69 Å². The van der Waals surface area contributed by atoms with Crippen molar-refractivity contribution >= 4 is 5.69 Å². The van der Waals surface area contributed by atoms with Crippen LogP contribution < -0.4 is 5.32 Å². The van der Waals surface area contributed by atoms with Gasteiger partial charge in [-0.15, -0.1) is 0 Å². The van der Waals surface area contributed by atoms with Gasteiger partial charge in [0.1, 0.15) is 0 Å². The fourth-order valence-corrected chi connectivity index (χ4v) is 2.12. The predicted molar refractivity (Wildman–Crippen MR) is 84.9 cm³/mol. The average molecular weight is 282 g/mol. The zero-order chi connectivity index (χ0) is 15.3. The van der Waals surface area contributed by atoms with Gasteiger partial charge in [0.2, 0.25) is 0 Å². The fourth-order valence-electron chi connectivity index (χ4n) is 2.12. The van der Waals surface area contributed by atoms with Crippen LogP contribution in [0.1, 0.15) is 38.3 Å². The number of hydrogen-bond acceptors (Lipinski definition) is 3. The molecule has 0 fully saturated rings. The third-order valence-electron chi connectivity index (χ3n) is 3.52. The largest absolute Gasteiger partial charge is 0.381 e. The Morgan fingerprint density at radius 3 is 2.62 bits per heavy atom. The van der Waals surface area contributed by atoms with Gasteiger partial charge in [-0.05, 0) is 38.0 Å². The molecule has 4 nitrogen and oxygen atoms in total. The maximum Gasteiger partial charge on any atom is 0.0766 e. The average Bonchev–Trinajstić information content (AvgIpc) is 2.94. The van der Waals surface area contributed by atoms with Crippen LogP contribution >= 0.6 is 0 Å². The molecule has 0 unspecified atom stereocenters. The number of rotatable bonds is 6. The third-order valence-corrected chi connectivity index (χ3v) is 3.52. The number of aryl methyl sites for hydroxylation is 1. The van der Waals surface area contributed by atoms with E-state index in [-0.39, 0.29) is 0 Å². The summed E-state index contributed by atoms with van der Waals surface area (Å²) in [5.74, 6) is 0. The van der Waals surface area contributed by atoms with E-state index < -0.39 is 5.41 Å². The first-order chi connectivity index (χ1) is 10.0. The molecule has 0 saturated carbocycles. The third kappa shape index (κ3) is 3.85. The molecule has 1 aromatic heterocycles. The van der Waals surface area contributed by atoms with Crippen molar-refractivity contribution in [3.05, 3.63) is 47.8 Å². The lowest BCUT2D eigenvalue weighted by Crippen LogP contribution is -2.13. The van der Waals surface area contributed by atoms with Crippen molar-refractivity contribution in [2.45, 2.75) is 45.7 Å². The number of anilines is 1. The molecule has 0 amide bonds. The van der Waals surface area contributed by atoms with Crippen molar-refractivity contribution in [3.8, 4) is 6.07 Å². The Balaban J connectivity index is 1.96. The minimum atomic E-state index is -0.445. The molecule has 0 bridgehead atoms. The number of nitrogens with zero attached hydrogens (tertiary/aromatic N) is 3. The number of nitriles is 1. The van der Waals surface area contributed by atoms with Gasteiger partial charge in [-0.3, -0.25) is 4.68 Å². The molecule has 2 aromatic rings. The molecule has 0 aliphatic heterocycles. The van der Waals surface area contributed by atoms with E-state index in [9.17, 15) is 0 Å². The summed E-state index contributed by atoms with van der Waals surface area (Å²) in [5.41, 5.74) is 2.81. The van der Waals surface area contributed by atoms with Gasteiger partial charge in [0.05, 0.1) is 17.7 Å². The van der Waals surface area contributed by atoms with Crippen molar-refractivity contribution in [1.29, 1.82) is 5.26 Å². The summed E-state index contributed by atoms with van der Waals surface area (Å²) in [7, 11) is 0. The highest BCUT2D eigenvalue weighted by molar-refractivity contribution is 5.47. The van der Waals surface area contributed by atoms with Gasteiger partial charge in [0.25, 0.3) is 0 Å². The lowest BCUT2D eigenvalue weighted by Gasteiger charge is -2.16. The Morgan fingerprint density at radius 1 is 1.29 bits per heavy atom. The molecule has 1 N–H and O–H groups in total. The van der Waals surface area contributed by atoms with Gasteiger partial charge in [-0.2, -0.15) is 10.4 Å². The minimum absolute atomic E-state index is 0.445. The molecule has 2 rings (SSSR count). The lowest BCUT2D eigenvalue weighted by atomic mass is 9.86. The summed E-state index contributed by atoms with van der Waals surface area (Å²) in [6, 6.07) is 10.4. The van der Waals surface area contributed by atoms with E-state index in [4.69, 9.17) is 5.26 Å². The van der Waals surface area contributed by atoms with Crippen LogP contribution in [0.3, 0.4) is 0 Å². The van der Waals surface area contributed by atoms with Crippen LogP contribution in [0.5, 0.6) is 0 Å². The van der Waals surface area contributed by atoms with Gasteiger partial charge >= 0.3 is 0 Å². The Morgan fingerprint density at radius 2 is 2.00 bits per heavy atom. The van der Waals surface area contributed by atoms with E-state index in [2.05, 4.69) is 29.6 Å². The molecule has 110 valence electrons. The summed E-state index contributed by atoms with van der Waals surface area (Å²) >= 11 is 0. The fraction of sp³-hybridized carbons (Fsp3) is 0.412. The highest BCUT2D eigenvalue weighted by atomic mass is 15.3. The summed E-state index contributed by atoms with van der Waals surface area (Å²) < 4.78 is 1.97. The molecule has 1 heterocycles. The van der Waals surface area contributed by atoms with Crippen LogP contribution in [-0.4, -0.2) is 9.78 Å². The standard InChI is InChI=1S/C17H22N4/c1-4-9-21-12-14(11-20-21)10-19-16-7-5-15(6-8-16)17(2,3)13-18/h5-8,11-12,19H,4,9-10H2,1-3H3. The molecule has 4 heteroatoms. The highest BCUT2D eigenvalue weighted by Crippen LogP contribution is 2.23. The van der Waals surface area contributed by atoms with Crippen molar-refractivity contribution in [2.75, 3.05) is 5.32 Å². The van der Waals surface area contributed by atoms with E-state index in [1.165, 1.54) is 5.56 Å². The molecule has 1 aromatic carbocycles. The van der Waals surface area contributed by atoms with Crippen LogP contribution in [-0.2, 0) is 18.5 Å². The topological polar surface area (TPSA) is 53.6 Å². The van der Waals surface area contributed by atoms with Crippen LogP contribution in [0.15, 0.2) is 36.7 Å². The van der Waals surface area contributed by atoms with Crippen molar-refractivity contribution in [1.82, 2.24) is 9.78 Å². The summed E-state index contributed by atoms with van der Waals surface area (Å²) in [5, 5.41) is 16.8. The van der Waals surface area contributed by atoms with E-state index in [1.54, 1.807) is 0 Å². The second-order valence-electron chi connectivity index (χ2n) is 5.78. The normalized spacial score (nSPS) is 11.1. The summed E-state index contributed by atoms with van der Waals surface area (Å²) in [6.45, 7) is 7.71. The number of aromatic nitrogens is 2. The summed E-state index contributed by atoms with van der Waals surface area (Å²) in [6.07, 6.45) is 5.06. The molecule has 0 saturated heterocycles. The molecule has 21 heavy (non-hydrogen) atoms. The molecule has 0 spiro atoms. The van der Waals surface area contributed by atoms with E-state index >= 15 is 0 Å². The Labute approximate surface area is 126 Å². The predicted octanol–water partition coefficient (Wildman–Crippen LogP) is 3.71. The SMILES string of the molecule is CCCn1cc(CNc2ccc(C(C)(C)C#N)cc2)cn1. The molecule has 0 radical (unpaired) electrons. The van der Waals surface area contributed by atoms with Gasteiger partial charge in [-0.1, -0.05) is 19.1 Å². The maximum absolute atomic E-state index is 9.14. The first-order valence-electron chi connectivity index (χ1n) is 7.32. The molecule has 0 atom stereocenters.